The van der Waals surface area contributed by atoms with Crippen molar-refractivity contribution in [3.63, 3.8) is 0 Å². The Morgan fingerprint density at radius 1 is 1.19 bits per heavy atom. The normalized spacial score (nSPS) is 10.7. The minimum Gasteiger partial charge on any atom is -0.478 e. The van der Waals surface area contributed by atoms with Crippen molar-refractivity contribution in [2.75, 3.05) is 5.32 Å². The van der Waals surface area contributed by atoms with Crippen molar-refractivity contribution in [3.8, 4) is 0 Å². The van der Waals surface area contributed by atoms with E-state index in [9.17, 15) is 4.79 Å². The quantitative estimate of drug-likeness (QED) is 0.896. The number of hydrogen-bond acceptors (Lipinski definition) is 4. The van der Waals surface area contributed by atoms with Gasteiger partial charge in [0.1, 0.15) is 0 Å². The Balaban J connectivity index is 2.30. The molecule has 0 bridgehead atoms. The van der Waals surface area contributed by atoms with Crippen LogP contribution in [0.25, 0.3) is 0 Å². The molecule has 2 aromatic rings. The molecule has 0 saturated carbocycles. The van der Waals surface area contributed by atoms with Crippen molar-refractivity contribution in [1.82, 2.24) is 9.97 Å². The van der Waals surface area contributed by atoms with E-state index in [1.807, 2.05) is 13.0 Å². The van der Waals surface area contributed by atoms with E-state index < -0.39 is 5.97 Å². The Morgan fingerprint density at radius 3 is 2.48 bits per heavy atom. The standard InChI is InChI=1S/C16H19N3O2/c1-9(2)14-8-11(4)17-16(19-14)18-12-5-6-13(15(20)21)10(3)7-12/h5-9H,1-4H3,(H,20,21)(H,17,18,19). The molecule has 0 fully saturated rings. The fourth-order valence-corrected chi connectivity index (χ4v) is 2.06. The molecule has 0 spiro atoms. The molecule has 0 amide bonds. The number of anilines is 2. The van der Waals surface area contributed by atoms with E-state index in [4.69, 9.17) is 5.11 Å². The minimum atomic E-state index is -0.923. The molecule has 1 aromatic carbocycles. The highest BCUT2D eigenvalue weighted by atomic mass is 16.4. The van der Waals surface area contributed by atoms with Crippen molar-refractivity contribution < 1.29 is 9.90 Å². The first kappa shape index (κ1) is 15.0. The molecule has 5 heteroatoms. The van der Waals surface area contributed by atoms with Gasteiger partial charge in [0.05, 0.1) is 5.56 Å². The summed E-state index contributed by atoms with van der Waals surface area (Å²) < 4.78 is 0. The predicted octanol–water partition coefficient (Wildman–Crippen LogP) is 3.66. The van der Waals surface area contributed by atoms with Crippen LogP contribution in [0.2, 0.25) is 0 Å². The highest BCUT2D eigenvalue weighted by Crippen LogP contribution is 2.20. The van der Waals surface area contributed by atoms with E-state index in [1.165, 1.54) is 0 Å². The number of aromatic nitrogens is 2. The van der Waals surface area contributed by atoms with Gasteiger partial charge in [0.15, 0.2) is 0 Å². The third kappa shape index (κ3) is 3.56. The lowest BCUT2D eigenvalue weighted by Gasteiger charge is -2.11. The van der Waals surface area contributed by atoms with E-state index >= 15 is 0 Å². The number of benzene rings is 1. The Hall–Kier alpha value is -2.43. The molecule has 110 valence electrons. The summed E-state index contributed by atoms with van der Waals surface area (Å²) in [6, 6.07) is 7.05. The number of aromatic carboxylic acids is 1. The molecule has 1 aromatic heterocycles. The SMILES string of the molecule is Cc1cc(C(C)C)nc(Nc2ccc(C(=O)O)c(C)c2)n1. The summed E-state index contributed by atoms with van der Waals surface area (Å²) in [4.78, 5) is 19.8. The van der Waals surface area contributed by atoms with Crippen molar-refractivity contribution in [2.24, 2.45) is 0 Å². The molecule has 2 N–H and O–H groups in total. The van der Waals surface area contributed by atoms with Gasteiger partial charge in [-0.25, -0.2) is 14.8 Å². The summed E-state index contributed by atoms with van der Waals surface area (Å²) in [5, 5.41) is 12.2. The lowest BCUT2D eigenvalue weighted by molar-refractivity contribution is 0.0696. The summed E-state index contributed by atoms with van der Waals surface area (Å²) >= 11 is 0. The number of hydrogen-bond donors (Lipinski definition) is 2. The highest BCUT2D eigenvalue weighted by molar-refractivity contribution is 5.90. The molecule has 21 heavy (non-hydrogen) atoms. The summed E-state index contributed by atoms with van der Waals surface area (Å²) in [5.41, 5.74) is 3.65. The Labute approximate surface area is 124 Å². The second-order valence-electron chi connectivity index (χ2n) is 5.37. The van der Waals surface area contributed by atoms with Crippen molar-refractivity contribution in [2.45, 2.75) is 33.6 Å². The monoisotopic (exact) mass is 285 g/mol. The number of carbonyl (C=O) groups is 1. The van der Waals surface area contributed by atoms with Crippen LogP contribution < -0.4 is 5.32 Å². The number of rotatable bonds is 4. The highest BCUT2D eigenvalue weighted by Gasteiger charge is 2.09. The molecule has 0 radical (unpaired) electrons. The molecule has 0 aliphatic carbocycles. The molecule has 0 atom stereocenters. The van der Waals surface area contributed by atoms with Gasteiger partial charge in [0.25, 0.3) is 0 Å². The summed E-state index contributed by atoms with van der Waals surface area (Å²) in [6.45, 7) is 7.86. The molecule has 5 nitrogen and oxygen atoms in total. The van der Waals surface area contributed by atoms with Crippen LogP contribution >= 0.6 is 0 Å². The lowest BCUT2D eigenvalue weighted by Crippen LogP contribution is -2.04. The molecule has 0 saturated heterocycles. The van der Waals surface area contributed by atoms with Crippen molar-refractivity contribution in [3.05, 3.63) is 46.8 Å². The first-order valence-corrected chi connectivity index (χ1v) is 6.83. The van der Waals surface area contributed by atoms with Crippen molar-refractivity contribution in [1.29, 1.82) is 0 Å². The van der Waals surface area contributed by atoms with Crippen LogP contribution in [0.5, 0.6) is 0 Å². The van der Waals surface area contributed by atoms with Crippen LogP contribution in [0.3, 0.4) is 0 Å². The van der Waals surface area contributed by atoms with Gasteiger partial charge in [-0.15, -0.1) is 0 Å². The smallest absolute Gasteiger partial charge is 0.335 e. The van der Waals surface area contributed by atoms with E-state index in [-0.39, 0.29) is 0 Å². The average molecular weight is 285 g/mol. The van der Waals surface area contributed by atoms with E-state index in [0.29, 0.717) is 23.0 Å². The van der Waals surface area contributed by atoms with E-state index in [2.05, 4.69) is 29.1 Å². The van der Waals surface area contributed by atoms with Crippen LogP contribution in [0, 0.1) is 13.8 Å². The molecule has 0 aliphatic rings. The number of nitrogens with zero attached hydrogens (tertiary/aromatic N) is 2. The average Bonchev–Trinajstić information content (AvgIpc) is 2.37. The minimum absolute atomic E-state index is 0.300. The Kier molecular flexibility index (Phi) is 4.21. The third-order valence-electron chi connectivity index (χ3n) is 3.18. The van der Waals surface area contributed by atoms with Gasteiger partial charge in [-0.05, 0) is 49.6 Å². The maximum Gasteiger partial charge on any atom is 0.335 e. The third-order valence-corrected chi connectivity index (χ3v) is 3.18. The largest absolute Gasteiger partial charge is 0.478 e. The first-order valence-electron chi connectivity index (χ1n) is 6.83. The summed E-state index contributed by atoms with van der Waals surface area (Å²) in [7, 11) is 0. The van der Waals surface area contributed by atoms with Gasteiger partial charge < -0.3 is 10.4 Å². The fraction of sp³-hybridized carbons (Fsp3) is 0.312. The van der Waals surface area contributed by atoms with Gasteiger partial charge in [-0.1, -0.05) is 13.8 Å². The van der Waals surface area contributed by atoms with Gasteiger partial charge >= 0.3 is 5.97 Å². The molecule has 2 rings (SSSR count). The molecule has 0 aliphatic heterocycles. The number of carboxylic acid groups (broad SMARTS) is 1. The fourth-order valence-electron chi connectivity index (χ4n) is 2.06. The van der Waals surface area contributed by atoms with Gasteiger partial charge in [-0.3, -0.25) is 0 Å². The topological polar surface area (TPSA) is 75.1 Å². The number of carboxylic acids is 1. The number of aryl methyl sites for hydroxylation is 2. The van der Waals surface area contributed by atoms with Crippen LogP contribution in [0.4, 0.5) is 11.6 Å². The maximum atomic E-state index is 11.0. The second kappa shape index (κ2) is 5.91. The summed E-state index contributed by atoms with van der Waals surface area (Å²) in [6.07, 6.45) is 0. The second-order valence-corrected chi connectivity index (χ2v) is 5.37. The van der Waals surface area contributed by atoms with Crippen LogP contribution in [0.1, 0.15) is 47.1 Å². The van der Waals surface area contributed by atoms with E-state index in [1.54, 1.807) is 25.1 Å². The summed E-state index contributed by atoms with van der Waals surface area (Å²) in [5.74, 6) is -0.0718. The van der Waals surface area contributed by atoms with Crippen molar-refractivity contribution >= 4 is 17.6 Å². The van der Waals surface area contributed by atoms with Crippen LogP contribution in [-0.4, -0.2) is 21.0 Å². The Morgan fingerprint density at radius 2 is 1.90 bits per heavy atom. The zero-order valence-corrected chi connectivity index (χ0v) is 12.6. The van der Waals surface area contributed by atoms with Gasteiger partial charge in [0.2, 0.25) is 5.95 Å². The first-order chi connectivity index (χ1) is 9.86. The van der Waals surface area contributed by atoms with Crippen LogP contribution in [-0.2, 0) is 0 Å². The Bertz CT molecular complexity index is 681. The molecular weight excluding hydrogens is 266 g/mol. The zero-order chi connectivity index (χ0) is 15.6. The van der Waals surface area contributed by atoms with Gasteiger partial charge in [-0.2, -0.15) is 0 Å². The number of nitrogens with one attached hydrogen (secondary N) is 1. The maximum absolute atomic E-state index is 11.0. The van der Waals surface area contributed by atoms with E-state index in [0.717, 1.165) is 17.1 Å². The van der Waals surface area contributed by atoms with Gasteiger partial charge in [0, 0.05) is 17.1 Å². The zero-order valence-electron chi connectivity index (χ0n) is 12.6. The predicted molar refractivity (Wildman–Crippen MR) is 82.3 cm³/mol. The molecule has 0 unspecified atom stereocenters. The van der Waals surface area contributed by atoms with Crippen LogP contribution in [0.15, 0.2) is 24.3 Å². The lowest BCUT2D eigenvalue weighted by atomic mass is 10.1. The molecular formula is C16H19N3O2. The molecule has 1 heterocycles.